The molecular formula is C19H21N3OS. The molecule has 5 heteroatoms. The number of pyridine rings is 1. The van der Waals surface area contributed by atoms with Crippen LogP contribution in [0.4, 0.5) is 0 Å². The molecular weight excluding hydrogens is 318 g/mol. The molecule has 0 spiro atoms. The van der Waals surface area contributed by atoms with Gasteiger partial charge in [0.25, 0.3) is 0 Å². The number of nitrogens with zero attached hydrogens (tertiary/aromatic N) is 3. The maximum Gasteiger partial charge on any atom is 0.232 e. The highest BCUT2D eigenvalue weighted by Crippen LogP contribution is 2.26. The van der Waals surface area contributed by atoms with Crippen LogP contribution in [0.5, 0.6) is 0 Å². The number of hydrogen-bond acceptors (Lipinski definition) is 4. The first-order valence-electron chi connectivity index (χ1n) is 8.29. The van der Waals surface area contributed by atoms with Crippen LogP contribution in [-0.4, -0.2) is 34.6 Å². The van der Waals surface area contributed by atoms with Crippen LogP contribution >= 0.6 is 11.8 Å². The number of nitriles is 1. The highest BCUT2D eigenvalue weighted by atomic mass is 32.2. The highest BCUT2D eigenvalue weighted by molar-refractivity contribution is 8.00. The van der Waals surface area contributed by atoms with Gasteiger partial charge in [-0.15, -0.1) is 0 Å². The Bertz CT molecular complexity index is 804. The van der Waals surface area contributed by atoms with Crippen molar-refractivity contribution in [1.29, 1.82) is 5.26 Å². The van der Waals surface area contributed by atoms with E-state index in [1.807, 2.05) is 36.1 Å². The molecule has 0 radical (unpaired) electrons. The van der Waals surface area contributed by atoms with Crippen molar-refractivity contribution in [3.8, 4) is 6.07 Å². The second-order valence-electron chi connectivity index (χ2n) is 6.50. The number of aromatic nitrogens is 1. The summed E-state index contributed by atoms with van der Waals surface area (Å²) in [4.78, 5) is 18.9. The molecule has 24 heavy (non-hydrogen) atoms. The molecule has 0 atom stereocenters. The Morgan fingerprint density at radius 1 is 1.38 bits per heavy atom. The lowest BCUT2D eigenvalue weighted by Gasteiger charge is -2.30. The van der Waals surface area contributed by atoms with Crippen molar-refractivity contribution >= 4 is 28.6 Å². The third-order valence-corrected chi connectivity index (χ3v) is 5.50. The van der Waals surface area contributed by atoms with E-state index in [1.54, 1.807) is 0 Å². The zero-order valence-electron chi connectivity index (χ0n) is 14.1. The number of benzene rings is 1. The van der Waals surface area contributed by atoms with Crippen molar-refractivity contribution in [1.82, 2.24) is 9.88 Å². The number of likely N-dealkylation sites (tertiary alicyclic amines) is 1. The Morgan fingerprint density at radius 3 is 2.83 bits per heavy atom. The van der Waals surface area contributed by atoms with Gasteiger partial charge in [0.1, 0.15) is 11.1 Å². The van der Waals surface area contributed by atoms with E-state index in [9.17, 15) is 10.1 Å². The third kappa shape index (κ3) is 3.70. The van der Waals surface area contributed by atoms with Gasteiger partial charge in [0.2, 0.25) is 5.91 Å². The predicted octanol–water partition coefficient (Wildman–Crippen LogP) is 3.77. The topological polar surface area (TPSA) is 57.0 Å². The molecule has 1 fully saturated rings. The first-order chi connectivity index (χ1) is 11.6. The van der Waals surface area contributed by atoms with Gasteiger partial charge in [0.15, 0.2) is 0 Å². The maximum atomic E-state index is 12.4. The van der Waals surface area contributed by atoms with Gasteiger partial charge in [0.05, 0.1) is 16.8 Å². The quantitative estimate of drug-likeness (QED) is 0.799. The largest absolute Gasteiger partial charge is 0.342 e. The van der Waals surface area contributed by atoms with Gasteiger partial charge in [0, 0.05) is 18.5 Å². The molecule has 4 nitrogen and oxygen atoms in total. The summed E-state index contributed by atoms with van der Waals surface area (Å²) in [6.45, 7) is 5.94. The number of rotatable bonds is 3. The Kier molecular flexibility index (Phi) is 5.06. The predicted molar refractivity (Wildman–Crippen MR) is 96.9 cm³/mol. The SMILES string of the molecule is Cc1ccc2cc(C#N)c(SCC(=O)N3CCC(C)CC3)nc2c1. The van der Waals surface area contributed by atoms with Gasteiger partial charge in [-0.05, 0) is 43.4 Å². The lowest BCUT2D eigenvalue weighted by Crippen LogP contribution is -2.38. The van der Waals surface area contributed by atoms with E-state index in [0.29, 0.717) is 22.3 Å². The summed E-state index contributed by atoms with van der Waals surface area (Å²) in [5.74, 6) is 1.19. The van der Waals surface area contributed by atoms with E-state index in [2.05, 4.69) is 18.0 Å². The van der Waals surface area contributed by atoms with Gasteiger partial charge >= 0.3 is 0 Å². The summed E-state index contributed by atoms with van der Waals surface area (Å²) in [5.41, 5.74) is 2.54. The van der Waals surface area contributed by atoms with Crippen molar-refractivity contribution in [3.05, 3.63) is 35.4 Å². The molecule has 0 aliphatic carbocycles. The molecule has 3 rings (SSSR count). The van der Waals surface area contributed by atoms with Crippen molar-refractivity contribution < 1.29 is 4.79 Å². The van der Waals surface area contributed by atoms with Crippen LogP contribution in [0.15, 0.2) is 29.3 Å². The fraction of sp³-hybridized carbons (Fsp3) is 0.421. The summed E-state index contributed by atoms with van der Waals surface area (Å²) >= 11 is 1.37. The van der Waals surface area contributed by atoms with Gasteiger partial charge in [-0.3, -0.25) is 4.79 Å². The smallest absolute Gasteiger partial charge is 0.232 e. The van der Waals surface area contributed by atoms with Gasteiger partial charge < -0.3 is 4.90 Å². The molecule has 1 aromatic carbocycles. The Hall–Kier alpha value is -2.06. The average molecular weight is 339 g/mol. The Labute approximate surface area is 146 Å². The van der Waals surface area contributed by atoms with Crippen molar-refractivity contribution in [2.45, 2.75) is 31.7 Å². The summed E-state index contributed by atoms with van der Waals surface area (Å²) < 4.78 is 0. The molecule has 1 aromatic heterocycles. The molecule has 1 amide bonds. The molecule has 1 saturated heterocycles. The van der Waals surface area contributed by atoms with Gasteiger partial charge in [-0.25, -0.2) is 4.98 Å². The molecule has 0 bridgehead atoms. The first kappa shape index (κ1) is 16.8. The standard InChI is InChI=1S/C19H21N3OS/c1-13-5-7-22(8-6-13)18(23)12-24-19-16(11-20)10-15-4-3-14(2)9-17(15)21-19/h3-4,9-10,13H,5-8,12H2,1-2H3. The fourth-order valence-corrected chi connectivity index (χ4v) is 3.79. The number of carbonyl (C=O) groups is 1. The molecule has 1 aliphatic rings. The summed E-state index contributed by atoms with van der Waals surface area (Å²) in [7, 11) is 0. The number of piperidine rings is 1. The monoisotopic (exact) mass is 339 g/mol. The maximum absolute atomic E-state index is 12.4. The van der Waals surface area contributed by atoms with Crippen LogP contribution in [0, 0.1) is 24.2 Å². The van der Waals surface area contributed by atoms with Gasteiger partial charge in [-0.1, -0.05) is 30.8 Å². The fourth-order valence-electron chi connectivity index (χ4n) is 2.93. The van der Waals surface area contributed by atoms with Crippen molar-refractivity contribution in [2.24, 2.45) is 5.92 Å². The number of amides is 1. The summed E-state index contributed by atoms with van der Waals surface area (Å²) in [6.07, 6.45) is 2.15. The highest BCUT2D eigenvalue weighted by Gasteiger charge is 2.20. The number of carbonyl (C=O) groups excluding carboxylic acids is 1. The van der Waals surface area contributed by atoms with Crippen LogP contribution in [-0.2, 0) is 4.79 Å². The molecule has 0 unspecified atom stereocenters. The average Bonchev–Trinajstić information content (AvgIpc) is 2.59. The first-order valence-corrected chi connectivity index (χ1v) is 9.27. The molecule has 1 aliphatic heterocycles. The number of fused-ring (bicyclic) bond motifs is 1. The minimum absolute atomic E-state index is 0.141. The Balaban J connectivity index is 1.74. The van der Waals surface area contributed by atoms with Crippen LogP contribution in [0.2, 0.25) is 0 Å². The van der Waals surface area contributed by atoms with Crippen LogP contribution < -0.4 is 0 Å². The van der Waals surface area contributed by atoms with Crippen LogP contribution in [0.1, 0.15) is 30.9 Å². The van der Waals surface area contributed by atoms with Crippen molar-refractivity contribution in [3.63, 3.8) is 0 Å². The normalized spacial score (nSPS) is 15.5. The third-order valence-electron chi connectivity index (χ3n) is 4.53. The lowest BCUT2D eigenvalue weighted by molar-refractivity contribution is -0.129. The number of thioether (sulfide) groups is 1. The van der Waals surface area contributed by atoms with Gasteiger partial charge in [-0.2, -0.15) is 5.26 Å². The summed E-state index contributed by atoms with van der Waals surface area (Å²) in [6, 6.07) is 10.1. The summed E-state index contributed by atoms with van der Waals surface area (Å²) in [5, 5.41) is 11.0. The molecule has 2 heterocycles. The zero-order valence-corrected chi connectivity index (χ0v) is 14.9. The minimum atomic E-state index is 0.141. The van der Waals surface area contributed by atoms with E-state index >= 15 is 0 Å². The minimum Gasteiger partial charge on any atom is -0.342 e. The van der Waals surface area contributed by atoms with E-state index in [1.165, 1.54) is 11.8 Å². The van der Waals surface area contributed by atoms with Crippen LogP contribution in [0.3, 0.4) is 0 Å². The molecule has 124 valence electrons. The molecule has 0 saturated carbocycles. The zero-order chi connectivity index (χ0) is 17.1. The number of hydrogen-bond donors (Lipinski definition) is 0. The number of aryl methyl sites for hydroxylation is 1. The Morgan fingerprint density at radius 2 is 2.12 bits per heavy atom. The lowest BCUT2D eigenvalue weighted by atomic mass is 9.99. The molecule has 0 N–H and O–H groups in total. The second kappa shape index (κ2) is 7.23. The van der Waals surface area contributed by atoms with Crippen LogP contribution in [0.25, 0.3) is 10.9 Å². The van der Waals surface area contributed by atoms with E-state index in [0.717, 1.165) is 42.4 Å². The van der Waals surface area contributed by atoms with E-state index in [4.69, 9.17) is 0 Å². The molecule has 2 aromatic rings. The van der Waals surface area contributed by atoms with Crippen molar-refractivity contribution in [2.75, 3.05) is 18.8 Å². The second-order valence-corrected chi connectivity index (χ2v) is 7.47. The van der Waals surface area contributed by atoms with E-state index < -0.39 is 0 Å². The van der Waals surface area contributed by atoms with E-state index in [-0.39, 0.29) is 5.91 Å².